The van der Waals surface area contributed by atoms with Crippen LogP contribution in [0.1, 0.15) is 80.3 Å². The van der Waals surface area contributed by atoms with E-state index < -0.39 is 5.97 Å². The maximum absolute atomic E-state index is 12.1. The van der Waals surface area contributed by atoms with Gasteiger partial charge in [-0.15, -0.1) is 0 Å². The maximum Gasteiger partial charge on any atom is 0.356 e. The molecule has 5 nitrogen and oxygen atoms in total. The van der Waals surface area contributed by atoms with E-state index in [0.717, 1.165) is 21.1 Å². The lowest BCUT2D eigenvalue weighted by Gasteiger charge is -2.41. The monoisotopic (exact) mass is 413 g/mol. The number of nitrogens with two attached hydrogens (primary N) is 1. The second kappa shape index (κ2) is 9.26. The highest BCUT2D eigenvalue weighted by Crippen LogP contribution is 2.41. The SMILES string of the molecule is NCc1ccccc1-c1sc(N(C2CCCCC2)C2CCCCC2)nc1C(=O)O. The van der Waals surface area contributed by atoms with Gasteiger partial charge in [0.15, 0.2) is 10.8 Å². The maximum atomic E-state index is 12.1. The number of carboxylic acid groups (broad SMARTS) is 1. The fourth-order valence-corrected chi connectivity index (χ4v) is 6.26. The van der Waals surface area contributed by atoms with E-state index in [9.17, 15) is 9.90 Å². The molecular weight excluding hydrogens is 382 g/mol. The van der Waals surface area contributed by atoms with Gasteiger partial charge in [0.1, 0.15) is 0 Å². The van der Waals surface area contributed by atoms with Crippen LogP contribution in [0.5, 0.6) is 0 Å². The summed E-state index contributed by atoms with van der Waals surface area (Å²) in [7, 11) is 0. The molecular formula is C23H31N3O2S. The van der Waals surface area contributed by atoms with Crippen LogP contribution >= 0.6 is 11.3 Å². The molecule has 2 aliphatic carbocycles. The standard InChI is InChI=1S/C23H31N3O2S/c24-15-16-9-7-8-14-19(16)21-20(22(27)28)25-23(29-21)26(17-10-3-1-4-11-17)18-12-5-2-6-13-18/h7-9,14,17-18H,1-6,10-13,15,24H2,(H,27,28). The molecule has 0 bridgehead atoms. The topological polar surface area (TPSA) is 79.5 Å². The molecule has 0 unspecified atom stereocenters. The molecule has 0 radical (unpaired) electrons. The number of anilines is 1. The average Bonchev–Trinajstić information content (AvgIpc) is 3.20. The van der Waals surface area contributed by atoms with Gasteiger partial charge in [-0.05, 0) is 36.8 Å². The third-order valence-electron chi connectivity index (χ3n) is 6.46. The number of hydrogen-bond donors (Lipinski definition) is 2. The number of thiazole rings is 1. The summed E-state index contributed by atoms with van der Waals surface area (Å²) in [5.41, 5.74) is 7.98. The fourth-order valence-electron chi connectivity index (χ4n) is 5.00. The number of aromatic carboxylic acids is 1. The van der Waals surface area contributed by atoms with Gasteiger partial charge < -0.3 is 15.7 Å². The molecule has 1 heterocycles. The van der Waals surface area contributed by atoms with Crippen molar-refractivity contribution >= 4 is 22.4 Å². The third kappa shape index (κ3) is 4.33. The summed E-state index contributed by atoms with van der Waals surface area (Å²) < 4.78 is 0. The lowest BCUT2D eigenvalue weighted by molar-refractivity contribution is 0.0692. The van der Waals surface area contributed by atoms with Crippen LogP contribution in [0.25, 0.3) is 10.4 Å². The first-order valence-electron chi connectivity index (χ1n) is 11.0. The third-order valence-corrected chi connectivity index (χ3v) is 7.56. The molecule has 156 valence electrons. The second-order valence-electron chi connectivity index (χ2n) is 8.33. The summed E-state index contributed by atoms with van der Waals surface area (Å²) in [6.45, 7) is 0.386. The van der Waals surface area contributed by atoms with Crippen LogP contribution in [0.2, 0.25) is 0 Å². The van der Waals surface area contributed by atoms with E-state index in [1.807, 2.05) is 24.3 Å². The Morgan fingerprint density at radius 2 is 1.62 bits per heavy atom. The first-order chi connectivity index (χ1) is 14.2. The van der Waals surface area contributed by atoms with E-state index in [4.69, 9.17) is 10.7 Å². The van der Waals surface area contributed by atoms with E-state index in [1.165, 1.54) is 64.2 Å². The Morgan fingerprint density at radius 1 is 1.03 bits per heavy atom. The predicted octanol–water partition coefficient (Wildman–Crippen LogP) is 5.44. The molecule has 6 heteroatoms. The highest BCUT2D eigenvalue weighted by atomic mass is 32.1. The number of rotatable bonds is 6. The summed E-state index contributed by atoms with van der Waals surface area (Å²) in [6.07, 6.45) is 12.4. The minimum atomic E-state index is -0.957. The van der Waals surface area contributed by atoms with E-state index in [0.29, 0.717) is 18.6 Å². The molecule has 1 aromatic carbocycles. The van der Waals surface area contributed by atoms with Crippen molar-refractivity contribution in [3.8, 4) is 10.4 Å². The molecule has 0 spiro atoms. The van der Waals surface area contributed by atoms with Crippen molar-refractivity contribution in [2.45, 2.75) is 82.8 Å². The van der Waals surface area contributed by atoms with E-state index in [-0.39, 0.29) is 5.69 Å². The van der Waals surface area contributed by atoms with Gasteiger partial charge in [0.25, 0.3) is 0 Å². The highest BCUT2D eigenvalue weighted by molar-refractivity contribution is 7.19. The van der Waals surface area contributed by atoms with Crippen molar-refractivity contribution < 1.29 is 9.90 Å². The first-order valence-corrected chi connectivity index (χ1v) is 11.8. The van der Waals surface area contributed by atoms with Crippen molar-refractivity contribution in [2.75, 3.05) is 4.90 Å². The molecule has 2 aliphatic rings. The smallest absolute Gasteiger partial charge is 0.356 e. The molecule has 0 amide bonds. The van der Waals surface area contributed by atoms with Crippen LogP contribution in [-0.4, -0.2) is 28.1 Å². The van der Waals surface area contributed by atoms with E-state index in [1.54, 1.807) is 11.3 Å². The van der Waals surface area contributed by atoms with Gasteiger partial charge in [-0.3, -0.25) is 0 Å². The number of nitrogens with zero attached hydrogens (tertiary/aromatic N) is 2. The van der Waals surface area contributed by atoms with Crippen molar-refractivity contribution in [1.29, 1.82) is 0 Å². The first kappa shape index (κ1) is 20.4. The Hall–Kier alpha value is -1.92. The molecule has 1 aromatic heterocycles. The average molecular weight is 414 g/mol. The lowest BCUT2D eigenvalue weighted by Crippen LogP contribution is -2.45. The molecule has 4 rings (SSSR count). The van der Waals surface area contributed by atoms with E-state index in [2.05, 4.69) is 4.90 Å². The molecule has 3 N–H and O–H groups in total. The summed E-state index contributed by atoms with van der Waals surface area (Å²) in [4.78, 5) is 20.1. The number of aromatic nitrogens is 1. The van der Waals surface area contributed by atoms with Crippen LogP contribution in [0.3, 0.4) is 0 Å². The molecule has 29 heavy (non-hydrogen) atoms. The van der Waals surface area contributed by atoms with Crippen molar-refractivity contribution in [3.63, 3.8) is 0 Å². The Kier molecular flexibility index (Phi) is 6.50. The van der Waals surface area contributed by atoms with Crippen molar-refractivity contribution in [2.24, 2.45) is 5.73 Å². The largest absolute Gasteiger partial charge is 0.476 e. The lowest BCUT2D eigenvalue weighted by atomic mass is 9.89. The number of benzene rings is 1. The van der Waals surface area contributed by atoms with Gasteiger partial charge in [-0.25, -0.2) is 9.78 Å². The van der Waals surface area contributed by atoms with Gasteiger partial charge in [0, 0.05) is 18.6 Å². The zero-order valence-electron chi connectivity index (χ0n) is 17.0. The molecule has 2 saturated carbocycles. The quantitative estimate of drug-likeness (QED) is 0.659. The molecule has 0 saturated heterocycles. The summed E-state index contributed by atoms with van der Waals surface area (Å²) in [5.74, 6) is -0.957. The van der Waals surface area contributed by atoms with E-state index >= 15 is 0 Å². The normalized spacial score (nSPS) is 18.7. The molecule has 0 aliphatic heterocycles. The number of carboxylic acids is 1. The summed E-state index contributed by atoms with van der Waals surface area (Å²) >= 11 is 1.54. The minimum Gasteiger partial charge on any atom is -0.476 e. The van der Waals surface area contributed by atoms with Crippen LogP contribution in [0.15, 0.2) is 24.3 Å². The van der Waals surface area contributed by atoms with Crippen LogP contribution in [0.4, 0.5) is 5.13 Å². The molecule has 2 aromatic rings. The van der Waals surface area contributed by atoms with Crippen LogP contribution in [0, 0.1) is 0 Å². The van der Waals surface area contributed by atoms with Gasteiger partial charge in [0.2, 0.25) is 0 Å². The van der Waals surface area contributed by atoms with Gasteiger partial charge in [-0.1, -0.05) is 74.1 Å². The Bertz CT molecular complexity index is 820. The fraction of sp³-hybridized carbons (Fsp3) is 0.565. The summed E-state index contributed by atoms with van der Waals surface area (Å²) in [5, 5.41) is 10.8. The van der Waals surface area contributed by atoms with Gasteiger partial charge in [-0.2, -0.15) is 0 Å². The van der Waals surface area contributed by atoms with Crippen molar-refractivity contribution in [1.82, 2.24) is 4.98 Å². The zero-order chi connectivity index (χ0) is 20.2. The second-order valence-corrected chi connectivity index (χ2v) is 9.31. The Labute approximate surface area is 177 Å². The number of carbonyl (C=O) groups is 1. The predicted molar refractivity (Wildman–Crippen MR) is 119 cm³/mol. The Morgan fingerprint density at radius 3 is 2.17 bits per heavy atom. The zero-order valence-corrected chi connectivity index (χ0v) is 17.8. The molecule has 0 atom stereocenters. The Balaban J connectivity index is 1.77. The summed E-state index contributed by atoms with van der Waals surface area (Å²) in [6, 6.07) is 8.80. The van der Waals surface area contributed by atoms with Crippen LogP contribution in [-0.2, 0) is 6.54 Å². The van der Waals surface area contributed by atoms with Crippen molar-refractivity contribution in [3.05, 3.63) is 35.5 Å². The highest BCUT2D eigenvalue weighted by Gasteiger charge is 2.33. The van der Waals surface area contributed by atoms with Gasteiger partial charge >= 0.3 is 5.97 Å². The van der Waals surface area contributed by atoms with Gasteiger partial charge in [0.05, 0.1) is 4.88 Å². The minimum absolute atomic E-state index is 0.169. The number of hydrogen-bond acceptors (Lipinski definition) is 5. The molecule has 2 fully saturated rings. The van der Waals surface area contributed by atoms with Crippen LogP contribution < -0.4 is 10.6 Å².